The number of hydrogen-bond donors (Lipinski definition) is 2. The van der Waals surface area contributed by atoms with Crippen LogP contribution in [0, 0.1) is 5.92 Å². The molecule has 2 aliphatic heterocycles. The highest BCUT2D eigenvalue weighted by Gasteiger charge is 2.21. The van der Waals surface area contributed by atoms with Gasteiger partial charge in [0.25, 0.3) is 5.91 Å². The molecule has 0 aromatic heterocycles. The van der Waals surface area contributed by atoms with Crippen LogP contribution >= 0.6 is 0 Å². The Balaban J connectivity index is 1.83. The number of allylic oxidation sites excluding steroid dienone is 3. The highest BCUT2D eigenvalue weighted by Crippen LogP contribution is 2.29. The maximum absolute atomic E-state index is 12.6. The van der Waals surface area contributed by atoms with Crippen LogP contribution in [-0.2, 0) is 20.8 Å². The Bertz CT molecular complexity index is 915. The molecule has 0 bridgehead atoms. The number of cyclic esters (lactones) is 1. The third-order valence-electron chi connectivity index (χ3n) is 5.43. The average Bonchev–Trinajstić information content (AvgIpc) is 2.77. The number of benzene rings is 1. The van der Waals surface area contributed by atoms with Gasteiger partial charge in [-0.05, 0) is 49.3 Å². The van der Waals surface area contributed by atoms with Crippen molar-refractivity contribution in [3.8, 4) is 11.5 Å². The van der Waals surface area contributed by atoms with Crippen LogP contribution in [0.2, 0.25) is 0 Å². The van der Waals surface area contributed by atoms with E-state index in [1.54, 1.807) is 17.1 Å². The van der Waals surface area contributed by atoms with Gasteiger partial charge in [0.2, 0.25) is 0 Å². The van der Waals surface area contributed by atoms with E-state index in [4.69, 9.17) is 9.57 Å². The summed E-state index contributed by atoms with van der Waals surface area (Å²) in [5.74, 6) is -1.15. The van der Waals surface area contributed by atoms with Gasteiger partial charge in [0.15, 0.2) is 6.61 Å². The van der Waals surface area contributed by atoms with Gasteiger partial charge in [0, 0.05) is 25.6 Å². The molecule has 8 heteroatoms. The number of phenolic OH excluding ortho intramolecular Hbond substituents is 2. The molecule has 1 aromatic rings. The van der Waals surface area contributed by atoms with Crippen molar-refractivity contribution in [2.75, 3.05) is 26.3 Å². The van der Waals surface area contributed by atoms with Crippen molar-refractivity contribution in [2.24, 2.45) is 11.1 Å². The molecular formula is C24H30N2O6. The number of ether oxygens (including phenoxy) is 1. The number of esters is 1. The second-order valence-electron chi connectivity index (χ2n) is 8.12. The van der Waals surface area contributed by atoms with Crippen molar-refractivity contribution < 1.29 is 29.4 Å². The summed E-state index contributed by atoms with van der Waals surface area (Å²) in [6.45, 7) is 3.41. The number of carbonyl (C=O) groups excluding carboxylic acids is 2. The molecule has 0 spiro atoms. The van der Waals surface area contributed by atoms with Crippen LogP contribution < -0.4 is 0 Å². The standard InChI is InChI=1S/C24H30N2O6/c1-17-7-5-9-19(25-32-16-22(29)26-10-3-2-4-11-26)13-18-14-20(27)15-21(28)23(18)24(30)31-12-6-8-17/h5-6,8-9,14-15,17,27-28H,2-4,7,10-13,16H2,1H3/b8-6+,9-5+,25-19+. The molecular weight excluding hydrogens is 412 g/mol. The number of oxime groups is 1. The van der Waals surface area contributed by atoms with Crippen molar-refractivity contribution in [3.05, 3.63) is 47.6 Å². The van der Waals surface area contributed by atoms with E-state index < -0.39 is 5.97 Å². The van der Waals surface area contributed by atoms with Crippen molar-refractivity contribution in [1.29, 1.82) is 0 Å². The number of amides is 1. The van der Waals surface area contributed by atoms with E-state index in [2.05, 4.69) is 5.16 Å². The first-order chi connectivity index (χ1) is 15.4. The van der Waals surface area contributed by atoms with E-state index in [0.717, 1.165) is 44.8 Å². The van der Waals surface area contributed by atoms with Crippen LogP contribution in [0.5, 0.6) is 11.5 Å². The summed E-state index contributed by atoms with van der Waals surface area (Å²) in [4.78, 5) is 32.0. The minimum atomic E-state index is -0.696. The molecule has 2 aliphatic rings. The fourth-order valence-corrected chi connectivity index (χ4v) is 3.75. The summed E-state index contributed by atoms with van der Waals surface area (Å²) < 4.78 is 5.26. The lowest BCUT2D eigenvalue weighted by molar-refractivity contribution is -0.137. The number of likely N-dealkylation sites (tertiary alicyclic amines) is 1. The summed E-state index contributed by atoms with van der Waals surface area (Å²) in [6, 6.07) is 2.48. The molecule has 2 heterocycles. The van der Waals surface area contributed by atoms with Crippen LogP contribution in [0.4, 0.5) is 0 Å². The molecule has 1 atom stereocenters. The summed E-state index contributed by atoms with van der Waals surface area (Å²) in [6.07, 6.45) is 11.4. The number of aromatic hydroxyl groups is 2. The largest absolute Gasteiger partial charge is 0.508 e. The normalized spacial score (nSPS) is 23.2. The number of carbonyl (C=O) groups is 2. The Hall–Kier alpha value is -3.29. The molecule has 32 heavy (non-hydrogen) atoms. The SMILES string of the molecule is CC1/C=C/COC(=O)c2c(O)cc(O)cc2CC(=N/OCC(=O)N2CCCCC2)/C=C/C1. The zero-order valence-corrected chi connectivity index (χ0v) is 18.3. The van der Waals surface area contributed by atoms with Gasteiger partial charge in [0.05, 0.1) is 5.71 Å². The Morgan fingerprint density at radius 2 is 2.00 bits per heavy atom. The van der Waals surface area contributed by atoms with Crippen molar-refractivity contribution in [3.63, 3.8) is 0 Å². The van der Waals surface area contributed by atoms with Crippen molar-refractivity contribution in [1.82, 2.24) is 4.90 Å². The number of piperidine rings is 1. The number of hydrogen-bond acceptors (Lipinski definition) is 7. The van der Waals surface area contributed by atoms with Gasteiger partial charge < -0.3 is 24.7 Å². The second-order valence-corrected chi connectivity index (χ2v) is 8.12. The maximum atomic E-state index is 12.6. The van der Waals surface area contributed by atoms with Crippen molar-refractivity contribution >= 4 is 17.6 Å². The highest BCUT2D eigenvalue weighted by molar-refractivity contribution is 6.00. The molecule has 0 radical (unpaired) electrons. The Kier molecular flexibility index (Phi) is 8.30. The number of nitrogens with zero attached hydrogens (tertiary/aromatic N) is 2. The van der Waals surface area contributed by atoms with Gasteiger partial charge in [-0.15, -0.1) is 0 Å². The van der Waals surface area contributed by atoms with E-state index in [0.29, 0.717) is 11.3 Å². The topological polar surface area (TPSA) is 109 Å². The van der Waals surface area contributed by atoms with Crippen LogP contribution in [0.1, 0.15) is 48.5 Å². The first-order valence-corrected chi connectivity index (χ1v) is 11.0. The molecule has 0 aliphatic carbocycles. The molecule has 0 saturated carbocycles. The fraction of sp³-hybridized carbons (Fsp3) is 0.458. The van der Waals surface area contributed by atoms with E-state index in [-0.39, 0.29) is 48.5 Å². The van der Waals surface area contributed by atoms with Gasteiger partial charge in [-0.1, -0.05) is 30.3 Å². The molecule has 2 N–H and O–H groups in total. The van der Waals surface area contributed by atoms with Crippen molar-refractivity contribution in [2.45, 2.75) is 39.0 Å². The lowest BCUT2D eigenvalue weighted by Crippen LogP contribution is -2.37. The monoisotopic (exact) mass is 442 g/mol. The van der Waals surface area contributed by atoms with Gasteiger partial charge in [-0.25, -0.2) is 4.79 Å². The van der Waals surface area contributed by atoms with Gasteiger partial charge in [-0.3, -0.25) is 4.79 Å². The van der Waals surface area contributed by atoms with E-state index >= 15 is 0 Å². The van der Waals surface area contributed by atoms with Crippen LogP contribution in [0.15, 0.2) is 41.6 Å². The average molecular weight is 443 g/mol. The molecule has 1 saturated heterocycles. The first-order valence-electron chi connectivity index (χ1n) is 11.0. The Morgan fingerprint density at radius 1 is 1.22 bits per heavy atom. The quantitative estimate of drug-likeness (QED) is 0.422. The molecule has 1 unspecified atom stereocenters. The first kappa shape index (κ1) is 23.4. The number of rotatable bonds is 3. The van der Waals surface area contributed by atoms with Crippen LogP contribution in [0.3, 0.4) is 0 Å². The lowest BCUT2D eigenvalue weighted by atomic mass is 9.99. The summed E-state index contributed by atoms with van der Waals surface area (Å²) >= 11 is 0. The molecule has 3 rings (SSSR count). The van der Waals surface area contributed by atoms with Gasteiger partial charge in [0.1, 0.15) is 23.7 Å². The molecule has 1 aromatic carbocycles. The number of fused-ring (bicyclic) bond motifs is 1. The van der Waals surface area contributed by atoms with E-state index in [1.807, 2.05) is 19.1 Å². The highest BCUT2D eigenvalue weighted by atomic mass is 16.6. The van der Waals surface area contributed by atoms with Crippen LogP contribution in [-0.4, -0.2) is 59.0 Å². The molecule has 8 nitrogen and oxygen atoms in total. The Labute approximate surface area is 187 Å². The lowest BCUT2D eigenvalue weighted by Gasteiger charge is -2.26. The van der Waals surface area contributed by atoms with E-state index in [1.165, 1.54) is 6.07 Å². The summed E-state index contributed by atoms with van der Waals surface area (Å²) in [7, 11) is 0. The fourth-order valence-electron chi connectivity index (χ4n) is 3.75. The number of phenols is 2. The van der Waals surface area contributed by atoms with Crippen LogP contribution in [0.25, 0.3) is 0 Å². The smallest absolute Gasteiger partial charge is 0.342 e. The third-order valence-corrected chi connectivity index (χ3v) is 5.43. The molecule has 172 valence electrons. The molecule has 1 fully saturated rings. The second kappa shape index (κ2) is 11.4. The minimum Gasteiger partial charge on any atom is -0.508 e. The van der Waals surface area contributed by atoms with E-state index in [9.17, 15) is 19.8 Å². The Morgan fingerprint density at radius 3 is 2.78 bits per heavy atom. The summed E-state index contributed by atoms with van der Waals surface area (Å²) in [5, 5.41) is 24.3. The summed E-state index contributed by atoms with van der Waals surface area (Å²) in [5.41, 5.74) is 0.762. The molecule has 1 amide bonds. The maximum Gasteiger partial charge on any atom is 0.342 e. The van der Waals surface area contributed by atoms with Gasteiger partial charge >= 0.3 is 5.97 Å². The minimum absolute atomic E-state index is 0.0333. The zero-order valence-electron chi connectivity index (χ0n) is 18.3. The predicted molar refractivity (Wildman–Crippen MR) is 120 cm³/mol. The van der Waals surface area contributed by atoms with Gasteiger partial charge in [-0.2, -0.15) is 0 Å². The predicted octanol–water partition coefficient (Wildman–Crippen LogP) is 3.33. The third kappa shape index (κ3) is 6.60. The zero-order chi connectivity index (χ0) is 22.9.